The quantitative estimate of drug-likeness (QED) is 0.869. The van der Waals surface area contributed by atoms with Crippen LogP contribution in [0.1, 0.15) is 46.6 Å². The van der Waals surface area contributed by atoms with Gasteiger partial charge >= 0.3 is 0 Å². The van der Waals surface area contributed by atoms with Crippen molar-refractivity contribution in [2.24, 2.45) is 0 Å². The van der Waals surface area contributed by atoms with Crippen LogP contribution in [0.3, 0.4) is 0 Å². The van der Waals surface area contributed by atoms with E-state index in [1.54, 1.807) is 6.20 Å². The second-order valence-electron chi connectivity index (χ2n) is 6.57. The largest absolute Gasteiger partial charge is 0.366 e. The summed E-state index contributed by atoms with van der Waals surface area (Å²) in [5, 5.41) is 14.5. The SMILES string of the molecule is CCC(C)Nc1cnnc(Nc2ccc(C(C)(C)C)cc2)n1. The van der Waals surface area contributed by atoms with Gasteiger partial charge in [0.2, 0.25) is 5.95 Å². The van der Waals surface area contributed by atoms with Crippen molar-refractivity contribution in [3.05, 3.63) is 36.0 Å². The van der Waals surface area contributed by atoms with E-state index in [4.69, 9.17) is 0 Å². The Morgan fingerprint density at radius 2 is 1.82 bits per heavy atom. The van der Waals surface area contributed by atoms with Gasteiger partial charge in [-0.15, -0.1) is 5.10 Å². The molecule has 0 fully saturated rings. The highest BCUT2D eigenvalue weighted by Gasteiger charge is 2.13. The Bertz CT molecular complexity index is 601. The molecule has 5 nitrogen and oxygen atoms in total. The number of hydrogen-bond acceptors (Lipinski definition) is 5. The molecule has 5 heteroatoms. The van der Waals surface area contributed by atoms with Gasteiger partial charge in [-0.3, -0.25) is 0 Å². The molecule has 1 atom stereocenters. The summed E-state index contributed by atoms with van der Waals surface area (Å²) in [6, 6.07) is 8.68. The first-order chi connectivity index (χ1) is 10.4. The van der Waals surface area contributed by atoms with Crippen LogP contribution in [0.2, 0.25) is 0 Å². The maximum absolute atomic E-state index is 4.43. The summed E-state index contributed by atoms with van der Waals surface area (Å²) in [4.78, 5) is 4.43. The highest BCUT2D eigenvalue weighted by Crippen LogP contribution is 2.24. The predicted molar refractivity (Wildman–Crippen MR) is 91.6 cm³/mol. The topological polar surface area (TPSA) is 62.7 Å². The van der Waals surface area contributed by atoms with Crippen LogP contribution in [0, 0.1) is 0 Å². The minimum Gasteiger partial charge on any atom is -0.366 e. The van der Waals surface area contributed by atoms with E-state index in [9.17, 15) is 0 Å². The third-order valence-corrected chi connectivity index (χ3v) is 3.57. The Balaban J connectivity index is 2.09. The van der Waals surface area contributed by atoms with Crippen molar-refractivity contribution < 1.29 is 0 Å². The summed E-state index contributed by atoms with van der Waals surface area (Å²) >= 11 is 0. The number of anilines is 3. The molecular formula is C17H25N5. The van der Waals surface area contributed by atoms with Crippen LogP contribution in [-0.4, -0.2) is 21.2 Å². The number of benzene rings is 1. The Kier molecular flexibility index (Phi) is 4.96. The number of aromatic nitrogens is 3. The summed E-state index contributed by atoms with van der Waals surface area (Å²) in [6.45, 7) is 10.8. The number of nitrogens with zero attached hydrogens (tertiary/aromatic N) is 3. The fraction of sp³-hybridized carbons (Fsp3) is 0.471. The van der Waals surface area contributed by atoms with Crippen LogP contribution in [0.5, 0.6) is 0 Å². The molecule has 118 valence electrons. The maximum Gasteiger partial charge on any atom is 0.249 e. The molecule has 1 aromatic carbocycles. The number of nitrogens with one attached hydrogen (secondary N) is 2. The van der Waals surface area contributed by atoms with Crippen LogP contribution in [-0.2, 0) is 5.41 Å². The molecule has 2 N–H and O–H groups in total. The van der Waals surface area contributed by atoms with Crippen molar-refractivity contribution in [2.75, 3.05) is 10.6 Å². The summed E-state index contributed by atoms with van der Waals surface area (Å²) in [5.41, 5.74) is 2.40. The highest BCUT2D eigenvalue weighted by molar-refractivity contribution is 5.55. The van der Waals surface area contributed by atoms with E-state index in [-0.39, 0.29) is 5.41 Å². The van der Waals surface area contributed by atoms with Crippen LogP contribution >= 0.6 is 0 Å². The van der Waals surface area contributed by atoms with Crippen LogP contribution in [0.25, 0.3) is 0 Å². The summed E-state index contributed by atoms with van der Waals surface area (Å²) < 4.78 is 0. The highest BCUT2D eigenvalue weighted by atomic mass is 15.3. The van der Waals surface area contributed by atoms with Gasteiger partial charge in [-0.1, -0.05) is 39.8 Å². The first kappa shape index (κ1) is 16.2. The first-order valence-corrected chi connectivity index (χ1v) is 7.72. The van der Waals surface area contributed by atoms with E-state index in [1.807, 2.05) is 12.1 Å². The van der Waals surface area contributed by atoms with E-state index in [2.05, 4.69) is 72.6 Å². The number of hydrogen-bond donors (Lipinski definition) is 2. The van der Waals surface area contributed by atoms with Crippen LogP contribution < -0.4 is 10.6 Å². The lowest BCUT2D eigenvalue weighted by atomic mass is 9.87. The fourth-order valence-electron chi connectivity index (χ4n) is 1.96. The minimum absolute atomic E-state index is 0.150. The molecule has 22 heavy (non-hydrogen) atoms. The van der Waals surface area contributed by atoms with Gasteiger partial charge in [0.25, 0.3) is 0 Å². The Hall–Kier alpha value is -2.17. The zero-order valence-electron chi connectivity index (χ0n) is 14.0. The van der Waals surface area contributed by atoms with Gasteiger partial charge in [-0.05, 0) is 36.5 Å². The van der Waals surface area contributed by atoms with Crippen LogP contribution in [0.4, 0.5) is 17.5 Å². The molecular weight excluding hydrogens is 274 g/mol. The number of rotatable bonds is 5. The lowest BCUT2D eigenvalue weighted by Crippen LogP contribution is -2.15. The Morgan fingerprint density at radius 3 is 2.41 bits per heavy atom. The molecule has 0 aliphatic carbocycles. The molecule has 2 aromatic rings. The molecule has 0 amide bonds. The minimum atomic E-state index is 0.150. The van der Waals surface area contributed by atoms with Gasteiger partial charge in [0.15, 0.2) is 5.82 Å². The van der Waals surface area contributed by atoms with Crippen molar-refractivity contribution in [3.63, 3.8) is 0 Å². The van der Waals surface area contributed by atoms with Gasteiger partial charge in [-0.2, -0.15) is 10.1 Å². The second-order valence-corrected chi connectivity index (χ2v) is 6.57. The zero-order chi connectivity index (χ0) is 16.2. The first-order valence-electron chi connectivity index (χ1n) is 7.72. The Labute approximate surface area is 132 Å². The van der Waals surface area contributed by atoms with Crippen molar-refractivity contribution >= 4 is 17.5 Å². The summed E-state index contributed by atoms with van der Waals surface area (Å²) in [5.74, 6) is 1.23. The zero-order valence-corrected chi connectivity index (χ0v) is 14.0. The van der Waals surface area contributed by atoms with E-state index >= 15 is 0 Å². The summed E-state index contributed by atoms with van der Waals surface area (Å²) in [6.07, 6.45) is 2.67. The Morgan fingerprint density at radius 1 is 1.14 bits per heavy atom. The standard InChI is InChI=1S/C17H25N5/c1-6-12(2)19-15-11-18-22-16(21-15)20-14-9-7-13(8-10-14)17(3,4)5/h7-12H,6H2,1-5H3,(H2,19,20,21,22). The lowest BCUT2D eigenvalue weighted by Gasteiger charge is -2.19. The normalized spacial score (nSPS) is 12.8. The molecule has 0 aliphatic heterocycles. The second kappa shape index (κ2) is 6.73. The lowest BCUT2D eigenvalue weighted by molar-refractivity contribution is 0.590. The van der Waals surface area contributed by atoms with E-state index in [1.165, 1.54) is 5.56 Å². The maximum atomic E-state index is 4.43. The van der Waals surface area contributed by atoms with Crippen molar-refractivity contribution in [1.82, 2.24) is 15.2 Å². The van der Waals surface area contributed by atoms with Crippen molar-refractivity contribution in [3.8, 4) is 0 Å². The molecule has 0 radical (unpaired) electrons. The van der Waals surface area contributed by atoms with E-state index in [0.29, 0.717) is 12.0 Å². The molecule has 0 aliphatic rings. The van der Waals surface area contributed by atoms with Gasteiger partial charge in [0, 0.05) is 11.7 Å². The molecule has 0 saturated heterocycles. The molecule has 1 aromatic heterocycles. The molecule has 0 bridgehead atoms. The third kappa shape index (κ3) is 4.41. The van der Waals surface area contributed by atoms with Crippen molar-refractivity contribution in [2.45, 2.75) is 52.5 Å². The summed E-state index contributed by atoms with van der Waals surface area (Å²) in [7, 11) is 0. The van der Waals surface area contributed by atoms with E-state index in [0.717, 1.165) is 17.9 Å². The molecule has 0 saturated carbocycles. The fourth-order valence-corrected chi connectivity index (χ4v) is 1.96. The van der Waals surface area contributed by atoms with Gasteiger partial charge in [-0.25, -0.2) is 0 Å². The molecule has 0 spiro atoms. The molecule has 1 unspecified atom stereocenters. The van der Waals surface area contributed by atoms with Gasteiger partial charge in [0.1, 0.15) is 0 Å². The van der Waals surface area contributed by atoms with Gasteiger partial charge in [0.05, 0.1) is 6.20 Å². The third-order valence-electron chi connectivity index (χ3n) is 3.57. The molecule has 2 rings (SSSR count). The average Bonchev–Trinajstić information content (AvgIpc) is 2.47. The average molecular weight is 299 g/mol. The van der Waals surface area contributed by atoms with Crippen molar-refractivity contribution in [1.29, 1.82) is 0 Å². The van der Waals surface area contributed by atoms with E-state index < -0.39 is 0 Å². The van der Waals surface area contributed by atoms with Crippen LogP contribution in [0.15, 0.2) is 30.5 Å². The predicted octanol–water partition coefficient (Wildman–Crippen LogP) is 4.12. The monoisotopic (exact) mass is 299 g/mol. The molecule has 1 heterocycles. The smallest absolute Gasteiger partial charge is 0.249 e. The van der Waals surface area contributed by atoms with Gasteiger partial charge < -0.3 is 10.6 Å².